The molecule has 0 radical (unpaired) electrons. The Balaban J connectivity index is 2.52. The van der Waals surface area contributed by atoms with Crippen molar-refractivity contribution < 1.29 is 19.8 Å². The van der Waals surface area contributed by atoms with E-state index in [0.717, 1.165) is 16.0 Å². The molecule has 0 bridgehead atoms. The first kappa shape index (κ1) is 16.1. The Morgan fingerprint density at radius 3 is 2.15 bits per heavy atom. The summed E-state index contributed by atoms with van der Waals surface area (Å²) in [6, 6.07) is 7.60. The van der Waals surface area contributed by atoms with E-state index < -0.39 is 11.8 Å². The quantitative estimate of drug-likeness (QED) is 0.608. The fraction of sp³-hybridized carbons (Fsp3) is 0.429. The molecule has 1 rings (SSSR count). The first-order valence-corrected chi connectivity index (χ1v) is 6.43. The van der Waals surface area contributed by atoms with Gasteiger partial charge in [0.05, 0.1) is 13.2 Å². The van der Waals surface area contributed by atoms with Gasteiger partial charge in [0.2, 0.25) is 0 Å². The number of nitrogens with one attached hydrogen (secondary N) is 1. The molecule has 0 aromatic heterocycles. The van der Waals surface area contributed by atoms with Crippen LogP contribution in [0.5, 0.6) is 0 Å². The highest BCUT2D eigenvalue weighted by molar-refractivity contribution is 6.34. The molecule has 6 nitrogen and oxygen atoms in total. The Hall–Kier alpha value is -1.92. The Bertz CT molecular complexity index is 439. The highest BCUT2D eigenvalue weighted by Gasteiger charge is 2.20. The summed E-state index contributed by atoms with van der Waals surface area (Å²) >= 11 is 0. The second-order valence-corrected chi connectivity index (χ2v) is 4.41. The predicted molar refractivity (Wildman–Crippen MR) is 73.8 cm³/mol. The highest BCUT2D eigenvalue weighted by atomic mass is 16.3. The summed E-state index contributed by atoms with van der Waals surface area (Å²) in [4.78, 5) is 24.6. The van der Waals surface area contributed by atoms with Crippen molar-refractivity contribution in [2.75, 3.05) is 26.3 Å². The number of hydrogen-bond acceptors (Lipinski definition) is 4. The van der Waals surface area contributed by atoms with Crippen LogP contribution in [-0.2, 0) is 16.1 Å². The first-order chi connectivity index (χ1) is 9.58. The summed E-state index contributed by atoms with van der Waals surface area (Å²) in [7, 11) is 0. The number of amides is 2. The molecule has 0 aliphatic carbocycles. The summed E-state index contributed by atoms with van der Waals surface area (Å²) in [5.74, 6) is -1.49. The molecule has 0 saturated heterocycles. The highest BCUT2D eigenvalue weighted by Crippen LogP contribution is 2.02. The largest absolute Gasteiger partial charge is 0.395 e. The molecule has 0 spiro atoms. The van der Waals surface area contributed by atoms with Crippen LogP contribution in [0.2, 0.25) is 0 Å². The average molecular weight is 280 g/mol. The van der Waals surface area contributed by atoms with Crippen molar-refractivity contribution in [3.63, 3.8) is 0 Å². The van der Waals surface area contributed by atoms with Crippen LogP contribution >= 0.6 is 0 Å². The van der Waals surface area contributed by atoms with Crippen LogP contribution in [0.25, 0.3) is 0 Å². The van der Waals surface area contributed by atoms with Gasteiger partial charge in [0.15, 0.2) is 0 Å². The van der Waals surface area contributed by atoms with Crippen LogP contribution in [0.15, 0.2) is 24.3 Å². The molecule has 3 N–H and O–H groups in total. The fourth-order valence-electron chi connectivity index (χ4n) is 1.66. The first-order valence-electron chi connectivity index (χ1n) is 6.43. The lowest BCUT2D eigenvalue weighted by Gasteiger charge is -2.19. The molecule has 1 aromatic carbocycles. The summed E-state index contributed by atoms with van der Waals surface area (Å²) < 4.78 is 0. The molecule has 2 amide bonds. The van der Waals surface area contributed by atoms with Crippen LogP contribution in [0.1, 0.15) is 11.1 Å². The van der Waals surface area contributed by atoms with E-state index in [0.29, 0.717) is 0 Å². The Labute approximate surface area is 118 Å². The van der Waals surface area contributed by atoms with Gasteiger partial charge in [-0.25, -0.2) is 0 Å². The number of benzene rings is 1. The maximum Gasteiger partial charge on any atom is 0.312 e. The molecule has 1 aromatic rings. The van der Waals surface area contributed by atoms with Gasteiger partial charge in [0, 0.05) is 19.6 Å². The number of nitrogens with zero attached hydrogens (tertiary/aromatic N) is 1. The topological polar surface area (TPSA) is 89.9 Å². The lowest BCUT2D eigenvalue weighted by Crippen LogP contribution is -2.45. The van der Waals surface area contributed by atoms with E-state index in [-0.39, 0.29) is 32.8 Å². The zero-order valence-electron chi connectivity index (χ0n) is 11.5. The SMILES string of the molecule is Cc1ccc(CNC(=O)C(=O)N(CCO)CCO)cc1. The lowest BCUT2D eigenvalue weighted by molar-refractivity contribution is -0.146. The minimum absolute atomic E-state index is 0.0251. The molecule has 0 saturated carbocycles. The number of aliphatic hydroxyl groups is 2. The molecular weight excluding hydrogens is 260 g/mol. The Morgan fingerprint density at radius 1 is 1.10 bits per heavy atom. The zero-order valence-corrected chi connectivity index (χ0v) is 11.5. The molecule has 0 unspecified atom stereocenters. The molecule has 6 heteroatoms. The van der Waals surface area contributed by atoms with Gasteiger partial charge in [0.25, 0.3) is 0 Å². The summed E-state index contributed by atoms with van der Waals surface area (Å²) in [6.07, 6.45) is 0. The molecule has 110 valence electrons. The van der Waals surface area contributed by atoms with E-state index in [1.807, 2.05) is 31.2 Å². The number of rotatable bonds is 6. The third-order valence-corrected chi connectivity index (χ3v) is 2.79. The van der Waals surface area contributed by atoms with Crippen molar-refractivity contribution >= 4 is 11.8 Å². The summed E-state index contributed by atoms with van der Waals surface area (Å²) in [6.45, 7) is 1.77. The van der Waals surface area contributed by atoms with Crippen LogP contribution in [0, 0.1) is 6.92 Å². The van der Waals surface area contributed by atoms with Gasteiger partial charge in [-0.1, -0.05) is 29.8 Å². The van der Waals surface area contributed by atoms with Gasteiger partial charge in [-0.05, 0) is 12.5 Å². The van der Waals surface area contributed by atoms with Crippen molar-refractivity contribution in [3.05, 3.63) is 35.4 Å². The molecular formula is C14H20N2O4. The average Bonchev–Trinajstić information content (AvgIpc) is 2.45. The molecule has 20 heavy (non-hydrogen) atoms. The van der Waals surface area contributed by atoms with Crippen molar-refractivity contribution in [2.24, 2.45) is 0 Å². The van der Waals surface area contributed by atoms with E-state index in [9.17, 15) is 9.59 Å². The predicted octanol–water partition coefficient (Wildman–Crippen LogP) is -0.576. The number of carbonyl (C=O) groups is 2. The number of hydrogen-bond donors (Lipinski definition) is 3. The van der Waals surface area contributed by atoms with Gasteiger partial charge in [0.1, 0.15) is 0 Å². The van der Waals surface area contributed by atoms with E-state index in [4.69, 9.17) is 10.2 Å². The van der Waals surface area contributed by atoms with Crippen LogP contribution in [-0.4, -0.2) is 53.2 Å². The third-order valence-electron chi connectivity index (χ3n) is 2.79. The summed E-state index contributed by atoms with van der Waals surface area (Å²) in [5, 5.41) is 20.2. The van der Waals surface area contributed by atoms with Crippen molar-refractivity contribution in [2.45, 2.75) is 13.5 Å². The molecule has 0 heterocycles. The normalized spacial score (nSPS) is 10.2. The van der Waals surface area contributed by atoms with E-state index >= 15 is 0 Å². The van der Waals surface area contributed by atoms with E-state index in [1.54, 1.807) is 0 Å². The molecule has 0 aliphatic heterocycles. The molecule has 0 fully saturated rings. The monoisotopic (exact) mass is 280 g/mol. The zero-order chi connectivity index (χ0) is 15.0. The Morgan fingerprint density at radius 2 is 1.65 bits per heavy atom. The number of aliphatic hydroxyl groups excluding tert-OH is 2. The van der Waals surface area contributed by atoms with E-state index in [1.165, 1.54) is 0 Å². The third kappa shape index (κ3) is 4.99. The smallest absolute Gasteiger partial charge is 0.312 e. The maximum atomic E-state index is 11.8. The second-order valence-electron chi connectivity index (χ2n) is 4.41. The van der Waals surface area contributed by atoms with Gasteiger partial charge >= 0.3 is 11.8 Å². The van der Waals surface area contributed by atoms with Crippen LogP contribution in [0.3, 0.4) is 0 Å². The van der Waals surface area contributed by atoms with Crippen molar-refractivity contribution in [1.29, 1.82) is 0 Å². The minimum Gasteiger partial charge on any atom is -0.395 e. The molecule has 0 atom stereocenters. The van der Waals surface area contributed by atoms with Crippen LogP contribution < -0.4 is 5.32 Å². The number of aryl methyl sites for hydroxylation is 1. The number of carbonyl (C=O) groups excluding carboxylic acids is 2. The van der Waals surface area contributed by atoms with Gasteiger partial charge in [-0.3, -0.25) is 9.59 Å². The standard InChI is InChI=1S/C14H20N2O4/c1-11-2-4-12(5-3-11)10-15-13(19)14(20)16(6-8-17)7-9-18/h2-5,17-18H,6-10H2,1H3,(H,15,19). The Kier molecular flexibility index (Phi) is 6.69. The van der Waals surface area contributed by atoms with Gasteiger partial charge in [-0.15, -0.1) is 0 Å². The fourth-order valence-corrected chi connectivity index (χ4v) is 1.66. The van der Waals surface area contributed by atoms with Crippen molar-refractivity contribution in [1.82, 2.24) is 10.2 Å². The second kappa shape index (κ2) is 8.29. The van der Waals surface area contributed by atoms with Gasteiger partial charge in [-0.2, -0.15) is 0 Å². The maximum absolute atomic E-state index is 11.8. The minimum atomic E-state index is -0.750. The lowest BCUT2D eigenvalue weighted by atomic mass is 10.1. The molecule has 0 aliphatic rings. The van der Waals surface area contributed by atoms with Gasteiger partial charge < -0.3 is 20.4 Å². The van der Waals surface area contributed by atoms with E-state index in [2.05, 4.69) is 5.32 Å². The summed E-state index contributed by atoms with van der Waals surface area (Å²) in [5.41, 5.74) is 2.01. The van der Waals surface area contributed by atoms with Crippen LogP contribution in [0.4, 0.5) is 0 Å². The van der Waals surface area contributed by atoms with Crippen molar-refractivity contribution in [3.8, 4) is 0 Å².